The second-order valence-corrected chi connectivity index (χ2v) is 7.63. The van der Waals surface area contributed by atoms with Crippen molar-refractivity contribution in [3.05, 3.63) is 57.6 Å². The van der Waals surface area contributed by atoms with Crippen molar-refractivity contribution in [2.24, 2.45) is 0 Å². The van der Waals surface area contributed by atoms with Gasteiger partial charge in [-0.25, -0.2) is 0 Å². The maximum absolute atomic E-state index is 13.6. The molecule has 8 nitrogen and oxygen atoms in total. The Morgan fingerprint density at radius 3 is 2.44 bits per heavy atom. The first-order chi connectivity index (χ1) is 15.0. The highest BCUT2D eigenvalue weighted by atomic mass is 19.4. The third-order valence-electron chi connectivity index (χ3n) is 5.29. The fourth-order valence-corrected chi connectivity index (χ4v) is 3.36. The van der Waals surface area contributed by atoms with Gasteiger partial charge in [-0.2, -0.15) is 13.2 Å². The molecule has 2 aromatic rings. The number of nitro benzene ring substituents is 1. The number of nitrogens with one attached hydrogen (secondary N) is 1. The van der Waals surface area contributed by atoms with Gasteiger partial charge in [0.2, 0.25) is 0 Å². The number of nitro groups is 1. The minimum Gasteiger partial charge on any atom is -0.490 e. The molecule has 0 aromatic heterocycles. The molecule has 11 heteroatoms. The molecule has 0 saturated heterocycles. The number of carbonyl (C=O) groups excluding carboxylic acids is 1. The molecule has 0 spiro atoms. The van der Waals surface area contributed by atoms with Gasteiger partial charge in [0.25, 0.3) is 5.91 Å². The highest BCUT2D eigenvalue weighted by Gasteiger charge is 2.36. The Labute approximate surface area is 182 Å². The van der Waals surface area contributed by atoms with Gasteiger partial charge in [0.05, 0.1) is 23.3 Å². The van der Waals surface area contributed by atoms with Gasteiger partial charge in [-0.15, -0.1) is 0 Å². The summed E-state index contributed by atoms with van der Waals surface area (Å²) in [5.74, 6) is -0.947. The Morgan fingerprint density at radius 2 is 1.88 bits per heavy atom. The highest BCUT2D eigenvalue weighted by Crippen LogP contribution is 2.39. The molecule has 1 aliphatic rings. The minimum absolute atomic E-state index is 0.0533. The van der Waals surface area contributed by atoms with E-state index in [9.17, 15) is 28.1 Å². The van der Waals surface area contributed by atoms with E-state index in [1.165, 1.54) is 25.3 Å². The monoisotopic (exact) mass is 453 g/mol. The first-order valence-electron chi connectivity index (χ1n) is 9.67. The second-order valence-electron chi connectivity index (χ2n) is 7.63. The summed E-state index contributed by atoms with van der Waals surface area (Å²) in [5, 5.41) is 13.3. The summed E-state index contributed by atoms with van der Waals surface area (Å²) in [5.41, 5.74) is -2.21. The van der Waals surface area contributed by atoms with Gasteiger partial charge in [-0.1, -0.05) is 0 Å². The average Bonchev–Trinajstić information content (AvgIpc) is 2.69. The zero-order valence-electron chi connectivity index (χ0n) is 17.6. The molecule has 32 heavy (non-hydrogen) atoms. The number of methoxy groups -OCH3 is 1. The number of nitrogens with zero attached hydrogens (tertiary/aromatic N) is 2. The standard InChI is InChI=1S/C21H22F3N3O5/c1-26(2)13-9-15(10-13)32-14-5-6-17(16(11-14)21(22,23)24)25-20(28)12-4-7-19(31-3)18(8-12)27(29)30/h4-8,11,13,15H,9-10H2,1-3H3,(H,25,28). The SMILES string of the molecule is COc1ccc(C(=O)Nc2ccc(OC3CC(N(C)C)C3)cc2C(F)(F)F)cc1[N+](=O)[O-]. The summed E-state index contributed by atoms with van der Waals surface area (Å²) in [4.78, 5) is 24.9. The van der Waals surface area contributed by atoms with Crippen LogP contribution in [0.15, 0.2) is 36.4 Å². The van der Waals surface area contributed by atoms with Crippen LogP contribution in [0.1, 0.15) is 28.8 Å². The van der Waals surface area contributed by atoms with Crippen LogP contribution < -0.4 is 14.8 Å². The second kappa shape index (κ2) is 9.03. The molecule has 1 fully saturated rings. The van der Waals surface area contributed by atoms with E-state index < -0.39 is 33.9 Å². The lowest BCUT2D eigenvalue weighted by molar-refractivity contribution is -0.385. The van der Waals surface area contributed by atoms with E-state index >= 15 is 0 Å². The summed E-state index contributed by atoms with van der Waals surface area (Å²) < 4.78 is 51.4. The van der Waals surface area contributed by atoms with Crippen LogP contribution in [-0.2, 0) is 6.18 Å². The Bertz CT molecular complexity index is 1020. The van der Waals surface area contributed by atoms with E-state index in [0.29, 0.717) is 18.9 Å². The molecule has 0 atom stereocenters. The van der Waals surface area contributed by atoms with Crippen LogP contribution in [0.25, 0.3) is 0 Å². The van der Waals surface area contributed by atoms with E-state index in [4.69, 9.17) is 9.47 Å². The summed E-state index contributed by atoms with van der Waals surface area (Å²) in [6.45, 7) is 0. The number of hydrogen-bond donors (Lipinski definition) is 1. The maximum atomic E-state index is 13.6. The molecule has 0 bridgehead atoms. The minimum atomic E-state index is -4.75. The van der Waals surface area contributed by atoms with Gasteiger partial charge in [0.1, 0.15) is 11.9 Å². The molecule has 1 N–H and O–H groups in total. The number of halogens is 3. The molecule has 3 rings (SSSR count). The Morgan fingerprint density at radius 1 is 1.19 bits per heavy atom. The molecule has 1 aliphatic carbocycles. The van der Waals surface area contributed by atoms with Crippen LogP contribution in [-0.4, -0.2) is 49.1 Å². The molecule has 1 saturated carbocycles. The summed E-state index contributed by atoms with van der Waals surface area (Å²) in [6, 6.07) is 7.00. The van der Waals surface area contributed by atoms with Gasteiger partial charge >= 0.3 is 11.9 Å². The number of ether oxygens (including phenoxy) is 2. The van der Waals surface area contributed by atoms with Crippen molar-refractivity contribution in [1.82, 2.24) is 4.90 Å². The Hall–Kier alpha value is -3.34. The first kappa shape index (κ1) is 23.3. The molecule has 0 unspecified atom stereocenters. The highest BCUT2D eigenvalue weighted by molar-refractivity contribution is 6.05. The van der Waals surface area contributed by atoms with E-state index in [1.54, 1.807) is 0 Å². The zero-order chi connectivity index (χ0) is 23.6. The summed E-state index contributed by atoms with van der Waals surface area (Å²) >= 11 is 0. The molecular formula is C21H22F3N3O5. The van der Waals surface area contributed by atoms with Crippen LogP contribution >= 0.6 is 0 Å². The van der Waals surface area contributed by atoms with Crippen LogP contribution in [0.2, 0.25) is 0 Å². The van der Waals surface area contributed by atoms with Crippen molar-refractivity contribution in [1.29, 1.82) is 0 Å². The Balaban J connectivity index is 1.81. The van der Waals surface area contributed by atoms with E-state index in [0.717, 1.165) is 18.2 Å². The molecule has 172 valence electrons. The lowest BCUT2D eigenvalue weighted by Crippen LogP contribution is -2.46. The van der Waals surface area contributed by atoms with Crippen molar-refractivity contribution in [3.8, 4) is 11.5 Å². The number of amides is 1. The maximum Gasteiger partial charge on any atom is 0.418 e. The molecule has 0 radical (unpaired) electrons. The van der Waals surface area contributed by atoms with Gasteiger partial charge < -0.3 is 19.7 Å². The van der Waals surface area contributed by atoms with Gasteiger partial charge in [0.15, 0.2) is 5.75 Å². The summed E-state index contributed by atoms with van der Waals surface area (Å²) in [7, 11) is 5.08. The molecular weight excluding hydrogens is 431 g/mol. The number of alkyl halides is 3. The normalized spacial score (nSPS) is 18.1. The van der Waals surface area contributed by atoms with Crippen LogP contribution in [0, 0.1) is 10.1 Å². The largest absolute Gasteiger partial charge is 0.490 e. The van der Waals surface area contributed by atoms with E-state index in [1.807, 2.05) is 19.0 Å². The fourth-order valence-electron chi connectivity index (χ4n) is 3.36. The quantitative estimate of drug-likeness (QED) is 0.495. The lowest BCUT2D eigenvalue weighted by atomic mass is 9.88. The number of hydrogen-bond acceptors (Lipinski definition) is 6. The first-order valence-corrected chi connectivity index (χ1v) is 9.67. The topological polar surface area (TPSA) is 93.9 Å². The number of benzene rings is 2. The van der Waals surface area contributed by atoms with Gasteiger partial charge in [0, 0.05) is 17.7 Å². The third-order valence-corrected chi connectivity index (χ3v) is 5.29. The van der Waals surface area contributed by atoms with Gasteiger partial charge in [-0.3, -0.25) is 14.9 Å². The van der Waals surface area contributed by atoms with Crippen molar-refractivity contribution in [2.45, 2.75) is 31.2 Å². The van der Waals surface area contributed by atoms with Crippen molar-refractivity contribution >= 4 is 17.3 Å². The van der Waals surface area contributed by atoms with E-state index in [-0.39, 0.29) is 23.2 Å². The predicted molar refractivity (Wildman–Crippen MR) is 110 cm³/mol. The zero-order valence-corrected chi connectivity index (χ0v) is 17.6. The summed E-state index contributed by atoms with van der Waals surface area (Å²) in [6.07, 6.45) is -3.50. The van der Waals surface area contributed by atoms with Crippen LogP contribution in [0.5, 0.6) is 11.5 Å². The molecule has 1 amide bonds. The predicted octanol–water partition coefficient (Wildman–Crippen LogP) is 4.35. The average molecular weight is 453 g/mol. The third kappa shape index (κ3) is 5.10. The smallest absolute Gasteiger partial charge is 0.418 e. The van der Waals surface area contributed by atoms with Gasteiger partial charge in [-0.05, 0) is 57.3 Å². The Kier molecular flexibility index (Phi) is 6.58. The van der Waals surface area contributed by atoms with Crippen molar-refractivity contribution in [2.75, 3.05) is 26.5 Å². The van der Waals surface area contributed by atoms with Crippen molar-refractivity contribution in [3.63, 3.8) is 0 Å². The molecule has 0 aliphatic heterocycles. The molecule has 0 heterocycles. The number of carbonyl (C=O) groups is 1. The van der Waals surface area contributed by atoms with Crippen LogP contribution in [0.3, 0.4) is 0 Å². The lowest BCUT2D eigenvalue weighted by Gasteiger charge is -2.39. The van der Waals surface area contributed by atoms with Crippen molar-refractivity contribution < 1.29 is 32.4 Å². The van der Waals surface area contributed by atoms with E-state index in [2.05, 4.69) is 5.32 Å². The molecule has 2 aromatic carbocycles. The number of anilines is 1. The number of rotatable bonds is 7. The fraction of sp³-hybridized carbons (Fsp3) is 0.381. The van der Waals surface area contributed by atoms with Crippen LogP contribution in [0.4, 0.5) is 24.5 Å².